The lowest BCUT2D eigenvalue weighted by Gasteiger charge is -2.26. The number of hydrogen-bond donors (Lipinski definition) is 3. The van der Waals surface area contributed by atoms with Crippen LogP contribution in [0.2, 0.25) is 0 Å². The molecule has 1 aliphatic rings. The highest BCUT2D eigenvalue weighted by Crippen LogP contribution is 2.18. The third-order valence-corrected chi connectivity index (χ3v) is 3.85. The molecule has 1 aromatic carbocycles. The SMILES string of the molecule is NC(Cc1ccc(O)cc1)c1nc(C(=O)N2CCNCC2)co1. The second kappa shape index (κ2) is 6.80. The van der Waals surface area contributed by atoms with Gasteiger partial charge in [0.05, 0.1) is 6.04 Å². The molecule has 3 rings (SSSR count). The van der Waals surface area contributed by atoms with Gasteiger partial charge in [0, 0.05) is 26.2 Å². The van der Waals surface area contributed by atoms with Crippen LogP contribution in [-0.2, 0) is 6.42 Å². The molecule has 1 aromatic heterocycles. The number of rotatable bonds is 4. The molecule has 1 amide bonds. The average molecular weight is 316 g/mol. The smallest absolute Gasteiger partial charge is 0.275 e. The minimum absolute atomic E-state index is 0.127. The predicted molar refractivity (Wildman–Crippen MR) is 84.0 cm³/mol. The molecule has 2 heterocycles. The maximum atomic E-state index is 12.3. The highest BCUT2D eigenvalue weighted by atomic mass is 16.3. The van der Waals surface area contributed by atoms with Gasteiger partial charge in [0.1, 0.15) is 12.0 Å². The van der Waals surface area contributed by atoms with E-state index >= 15 is 0 Å². The van der Waals surface area contributed by atoms with Crippen molar-refractivity contribution >= 4 is 5.91 Å². The second-order valence-corrected chi connectivity index (χ2v) is 5.59. The van der Waals surface area contributed by atoms with Crippen molar-refractivity contribution in [3.63, 3.8) is 0 Å². The first-order valence-electron chi connectivity index (χ1n) is 7.62. The third-order valence-electron chi connectivity index (χ3n) is 3.85. The third kappa shape index (κ3) is 3.69. The highest BCUT2D eigenvalue weighted by molar-refractivity contribution is 5.92. The molecule has 4 N–H and O–H groups in total. The van der Waals surface area contributed by atoms with Gasteiger partial charge in [0.15, 0.2) is 5.69 Å². The van der Waals surface area contributed by atoms with Crippen LogP contribution in [0.4, 0.5) is 0 Å². The summed E-state index contributed by atoms with van der Waals surface area (Å²) in [6.45, 7) is 2.91. The van der Waals surface area contributed by atoms with E-state index in [1.54, 1.807) is 29.2 Å². The van der Waals surface area contributed by atoms with Gasteiger partial charge in [0.25, 0.3) is 5.91 Å². The Hall–Kier alpha value is -2.38. The van der Waals surface area contributed by atoms with E-state index in [2.05, 4.69) is 10.3 Å². The van der Waals surface area contributed by atoms with Crippen LogP contribution in [0.1, 0.15) is 28.0 Å². The van der Waals surface area contributed by atoms with E-state index in [1.807, 2.05) is 0 Å². The number of phenols is 1. The van der Waals surface area contributed by atoms with Crippen molar-refractivity contribution in [2.45, 2.75) is 12.5 Å². The Morgan fingerprint density at radius 3 is 2.74 bits per heavy atom. The number of aromatic hydroxyl groups is 1. The lowest BCUT2D eigenvalue weighted by atomic mass is 10.1. The van der Waals surface area contributed by atoms with Crippen molar-refractivity contribution in [1.29, 1.82) is 0 Å². The van der Waals surface area contributed by atoms with E-state index < -0.39 is 6.04 Å². The summed E-state index contributed by atoms with van der Waals surface area (Å²) in [6, 6.07) is 6.37. The summed E-state index contributed by atoms with van der Waals surface area (Å²) < 4.78 is 5.39. The molecular weight excluding hydrogens is 296 g/mol. The molecule has 23 heavy (non-hydrogen) atoms. The zero-order valence-corrected chi connectivity index (χ0v) is 12.7. The second-order valence-electron chi connectivity index (χ2n) is 5.59. The molecule has 0 aliphatic carbocycles. The van der Waals surface area contributed by atoms with Gasteiger partial charge in [-0.05, 0) is 24.1 Å². The summed E-state index contributed by atoms with van der Waals surface area (Å²) in [7, 11) is 0. The van der Waals surface area contributed by atoms with Crippen LogP contribution in [0.15, 0.2) is 34.9 Å². The molecule has 1 atom stereocenters. The van der Waals surface area contributed by atoms with Crippen molar-refractivity contribution in [3.8, 4) is 5.75 Å². The fraction of sp³-hybridized carbons (Fsp3) is 0.375. The number of phenolic OH excluding ortho intramolecular Hbond substituents is 1. The minimum Gasteiger partial charge on any atom is -0.508 e. The van der Waals surface area contributed by atoms with Gasteiger partial charge in [0.2, 0.25) is 5.89 Å². The number of oxazole rings is 1. The Balaban J connectivity index is 1.65. The van der Waals surface area contributed by atoms with E-state index in [0.29, 0.717) is 31.1 Å². The molecule has 0 radical (unpaired) electrons. The number of aromatic nitrogens is 1. The number of piperazine rings is 1. The number of nitrogens with one attached hydrogen (secondary N) is 1. The van der Waals surface area contributed by atoms with Crippen molar-refractivity contribution in [3.05, 3.63) is 47.7 Å². The van der Waals surface area contributed by atoms with Gasteiger partial charge < -0.3 is 25.5 Å². The Morgan fingerprint density at radius 1 is 1.35 bits per heavy atom. The molecule has 0 saturated carbocycles. The number of hydrogen-bond acceptors (Lipinski definition) is 6. The lowest BCUT2D eigenvalue weighted by molar-refractivity contribution is 0.0730. The molecule has 7 nitrogen and oxygen atoms in total. The molecule has 1 fully saturated rings. The van der Waals surface area contributed by atoms with Crippen molar-refractivity contribution < 1.29 is 14.3 Å². The topological polar surface area (TPSA) is 105 Å². The summed E-state index contributed by atoms with van der Waals surface area (Å²) in [6.07, 6.45) is 1.89. The van der Waals surface area contributed by atoms with E-state index in [-0.39, 0.29) is 11.7 Å². The number of amides is 1. The molecule has 1 aliphatic heterocycles. The first kappa shape index (κ1) is 15.5. The molecule has 0 bridgehead atoms. The van der Waals surface area contributed by atoms with Crippen molar-refractivity contribution in [2.75, 3.05) is 26.2 Å². The molecule has 1 unspecified atom stereocenters. The number of carbonyl (C=O) groups excluding carboxylic acids is 1. The average Bonchev–Trinajstić information content (AvgIpc) is 3.07. The summed E-state index contributed by atoms with van der Waals surface area (Å²) in [4.78, 5) is 18.3. The largest absolute Gasteiger partial charge is 0.508 e. The van der Waals surface area contributed by atoms with Crippen LogP contribution in [0, 0.1) is 0 Å². The standard InChI is InChI=1S/C16H20N4O3/c17-13(9-11-1-3-12(21)4-2-11)15-19-14(10-23-15)16(22)20-7-5-18-6-8-20/h1-4,10,13,18,21H,5-9,17H2. The van der Waals surface area contributed by atoms with Crippen LogP contribution in [0.25, 0.3) is 0 Å². The number of benzene rings is 1. The van der Waals surface area contributed by atoms with Gasteiger partial charge in [-0.1, -0.05) is 12.1 Å². The predicted octanol–water partition coefficient (Wildman–Crippen LogP) is 0.668. The van der Waals surface area contributed by atoms with Crippen molar-refractivity contribution in [1.82, 2.24) is 15.2 Å². The monoisotopic (exact) mass is 316 g/mol. The van der Waals surface area contributed by atoms with Gasteiger partial charge >= 0.3 is 0 Å². The first-order chi connectivity index (χ1) is 11.1. The lowest BCUT2D eigenvalue weighted by Crippen LogP contribution is -2.46. The summed E-state index contributed by atoms with van der Waals surface area (Å²) >= 11 is 0. The number of nitrogens with two attached hydrogens (primary N) is 1. The van der Waals surface area contributed by atoms with E-state index in [4.69, 9.17) is 10.2 Å². The Labute approximate surface area is 134 Å². The summed E-state index contributed by atoms with van der Waals surface area (Å²) in [5.41, 5.74) is 7.36. The van der Waals surface area contributed by atoms with Crippen LogP contribution >= 0.6 is 0 Å². The van der Waals surface area contributed by atoms with Gasteiger partial charge in [-0.3, -0.25) is 4.79 Å². The normalized spacial score (nSPS) is 16.3. The molecular formula is C16H20N4O3. The zero-order chi connectivity index (χ0) is 16.2. The van der Waals surface area contributed by atoms with Gasteiger partial charge in [-0.25, -0.2) is 4.98 Å². The maximum absolute atomic E-state index is 12.3. The number of nitrogens with zero attached hydrogens (tertiary/aromatic N) is 2. The highest BCUT2D eigenvalue weighted by Gasteiger charge is 2.23. The summed E-state index contributed by atoms with van der Waals surface area (Å²) in [5.74, 6) is 0.428. The zero-order valence-electron chi connectivity index (χ0n) is 12.7. The molecule has 0 spiro atoms. The fourth-order valence-corrected chi connectivity index (χ4v) is 2.56. The van der Waals surface area contributed by atoms with Gasteiger partial charge in [-0.15, -0.1) is 0 Å². The van der Waals surface area contributed by atoms with E-state index in [9.17, 15) is 9.90 Å². The Bertz CT molecular complexity index is 662. The fourth-order valence-electron chi connectivity index (χ4n) is 2.56. The Kier molecular flexibility index (Phi) is 4.59. The summed E-state index contributed by atoms with van der Waals surface area (Å²) in [5, 5.41) is 12.5. The van der Waals surface area contributed by atoms with Gasteiger partial charge in [-0.2, -0.15) is 0 Å². The maximum Gasteiger partial charge on any atom is 0.275 e. The van der Waals surface area contributed by atoms with Crippen LogP contribution in [0.3, 0.4) is 0 Å². The first-order valence-corrected chi connectivity index (χ1v) is 7.62. The van der Waals surface area contributed by atoms with Crippen LogP contribution < -0.4 is 11.1 Å². The molecule has 2 aromatic rings. The molecule has 122 valence electrons. The Morgan fingerprint density at radius 2 is 2.04 bits per heavy atom. The van der Waals surface area contributed by atoms with Crippen LogP contribution in [0.5, 0.6) is 5.75 Å². The van der Waals surface area contributed by atoms with E-state index in [0.717, 1.165) is 18.7 Å². The molecule has 7 heteroatoms. The van der Waals surface area contributed by atoms with Crippen LogP contribution in [-0.4, -0.2) is 47.1 Å². The molecule has 1 saturated heterocycles. The number of carbonyl (C=O) groups is 1. The quantitative estimate of drug-likeness (QED) is 0.766. The van der Waals surface area contributed by atoms with E-state index in [1.165, 1.54) is 6.26 Å². The minimum atomic E-state index is -0.441. The van der Waals surface area contributed by atoms with Crippen molar-refractivity contribution in [2.24, 2.45) is 5.73 Å².